The molecule has 5 nitrogen and oxygen atoms in total. The molecular weight excluding hydrogens is 369 g/mol. The van der Waals surface area contributed by atoms with Crippen LogP contribution in [0.25, 0.3) is 0 Å². The zero-order valence-electron chi connectivity index (χ0n) is 14.0. The molecule has 1 fully saturated rings. The zero-order valence-corrected chi connectivity index (χ0v) is 15.5. The number of nitrogens with one attached hydrogen (secondary N) is 1. The molecule has 1 aliphatic heterocycles. The molecule has 3 rings (SSSR count). The molecule has 1 heterocycles. The number of nitriles is 3. The summed E-state index contributed by atoms with van der Waals surface area (Å²) < 4.78 is 0. The molecule has 0 aromatic heterocycles. The highest BCUT2D eigenvalue weighted by molar-refractivity contribution is 6.42. The van der Waals surface area contributed by atoms with Crippen LogP contribution in [0, 0.1) is 56.7 Å². The molecule has 26 heavy (non-hydrogen) atoms. The lowest BCUT2D eigenvalue weighted by Gasteiger charge is -2.47. The van der Waals surface area contributed by atoms with Crippen molar-refractivity contribution in [1.82, 2.24) is 4.90 Å². The minimum absolute atomic E-state index is 0.159. The maximum absolute atomic E-state index is 9.92. The Bertz CT molecular complexity index is 917. The number of rotatable bonds is 1. The van der Waals surface area contributed by atoms with Crippen LogP contribution in [0.5, 0.6) is 0 Å². The lowest BCUT2D eigenvalue weighted by Crippen LogP contribution is -2.52. The van der Waals surface area contributed by atoms with Crippen LogP contribution in [0.2, 0.25) is 10.0 Å². The van der Waals surface area contributed by atoms with Crippen LogP contribution in [0.3, 0.4) is 0 Å². The number of fused-ring (bicyclic) bond motifs is 1. The van der Waals surface area contributed by atoms with Gasteiger partial charge in [-0.25, -0.2) is 0 Å². The molecule has 1 N–H and O–H groups in total. The fourth-order valence-electron chi connectivity index (χ4n) is 4.03. The highest BCUT2D eigenvalue weighted by Crippen LogP contribution is 2.53. The average molecular weight is 384 g/mol. The second-order valence-corrected chi connectivity index (χ2v) is 7.50. The Kier molecular flexibility index (Phi) is 4.78. The van der Waals surface area contributed by atoms with Gasteiger partial charge in [0.25, 0.3) is 0 Å². The van der Waals surface area contributed by atoms with E-state index >= 15 is 0 Å². The van der Waals surface area contributed by atoms with Gasteiger partial charge < -0.3 is 10.3 Å². The first kappa shape index (κ1) is 18.4. The summed E-state index contributed by atoms with van der Waals surface area (Å²) in [5.74, 6) is -1.69. The summed E-state index contributed by atoms with van der Waals surface area (Å²) in [5, 5.41) is 38.7. The van der Waals surface area contributed by atoms with E-state index in [1.165, 1.54) is 0 Å². The molecule has 130 valence electrons. The summed E-state index contributed by atoms with van der Waals surface area (Å²) in [6, 6.07) is 11.3. The lowest BCUT2D eigenvalue weighted by atomic mass is 9.54. The van der Waals surface area contributed by atoms with E-state index in [4.69, 9.17) is 28.6 Å². The van der Waals surface area contributed by atoms with Crippen molar-refractivity contribution in [2.24, 2.45) is 17.3 Å². The van der Waals surface area contributed by atoms with Gasteiger partial charge in [0.05, 0.1) is 34.0 Å². The molecule has 1 aromatic rings. The van der Waals surface area contributed by atoms with Gasteiger partial charge in [-0.2, -0.15) is 15.8 Å². The van der Waals surface area contributed by atoms with Crippen LogP contribution in [-0.4, -0.2) is 30.7 Å². The van der Waals surface area contributed by atoms with E-state index in [-0.39, 0.29) is 11.6 Å². The van der Waals surface area contributed by atoms with Gasteiger partial charge in [0.2, 0.25) is 0 Å². The van der Waals surface area contributed by atoms with Gasteiger partial charge >= 0.3 is 0 Å². The van der Waals surface area contributed by atoms with E-state index in [2.05, 4.69) is 23.1 Å². The Morgan fingerprint density at radius 2 is 1.88 bits per heavy atom. The number of likely N-dealkylation sites (N-methyl/N-ethyl adjacent to an activating group) is 1. The molecule has 0 spiro atoms. The Labute approximate surface area is 162 Å². The SMILES string of the molecule is CN1CC=C2C(C#N)C(=N)C(C#N)(C#N)[C@H](c3ccc(Cl)c(Cl)c3)[C@@H]2C1. The Balaban J connectivity index is 2.28. The van der Waals surface area contributed by atoms with Crippen molar-refractivity contribution >= 4 is 28.9 Å². The summed E-state index contributed by atoms with van der Waals surface area (Å²) in [6.45, 7) is 1.25. The smallest absolute Gasteiger partial charge is 0.189 e. The van der Waals surface area contributed by atoms with E-state index in [0.29, 0.717) is 28.7 Å². The molecule has 1 aromatic carbocycles. The Morgan fingerprint density at radius 1 is 1.19 bits per heavy atom. The first-order chi connectivity index (χ1) is 12.4. The molecule has 0 amide bonds. The van der Waals surface area contributed by atoms with Crippen LogP contribution >= 0.6 is 23.2 Å². The third kappa shape index (κ3) is 2.59. The van der Waals surface area contributed by atoms with Gasteiger partial charge in [-0.1, -0.05) is 35.3 Å². The van der Waals surface area contributed by atoms with Crippen molar-refractivity contribution in [3.63, 3.8) is 0 Å². The van der Waals surface area contributed by atoms with Gasteiger partial charge in [0, 0.05) is 24.9 Å². The number of hydrogen-bond acceptors (Lipinski definition) is 5. The van der Waals surface area contributed by atoms with Crippen LogP contribution < -0.4 is 0 Å². The number of nitrogens with zero attached hydrogens (tertiary/aromatic N) is 4. The molecule has 0 radical (unpaired) electrons. The van der Waals surface area contributed by atoms with Crippen molar-refractivity contribution in [2.45, 2.75) is 5.92 Å². The molecule has 2 aliphatic rings. The predicted octanol–water partition coefficient (Wildman–Crippen LogP) is 3.77. The summed E-state index contributed by atoms with van der Waals surface area (Å²) in [5.41, 5.74) is -0.395. The van der Waals surface area contributed by atoms with Crippen molar-refractivity contribution in [2.75, 3.05) is 20.1 Å². The maximum atomic E-state index is 9.92. The summed E-state index contributed by atoms with van der Waals surface area (Å²) in [6.07, 6.45) is 1.94. The fourth-order valence-corrected chi connectivity index (χ4v) is 4.34. The molecule has 1 aliphatic carbocycles. The van der Waals surface area contributed by atoms with E-state index < -0.39 is 17.3 Å². The molecular formula is C19H15Cl2N5. The molecule has 3 atom stereocenters. The number of hydrogen-bond donors (Lipinski definition) is 1. The van der Waals surface area contributed by atoms with Crippen LogP contribution in [-0.2, 0) is 0 Å². The highest BCUT2D eigenvalue weighted by atomic mass is 35.5. The largest absolute Gasteiger partial charge is 0.305 e. The van der Waals surface area contributed by atoms with Crippen LogP contribution in [0.1, 0.15) is 11.5 Å². The van der Waals surface area contributed by atoms with Crippen molar-refractivity contribution in [3.8, 4) is 18.2 Å². The molecule has 1 saturated carbocycles. The molecule has 7 heteroatoms. The third-order valence-corrected chi connectivity index (χ3v) is 6.01. The topological polar surface area (TPSA) is 98.5 Å². The molecule has 0 bridgehead atoms. The summed E-state index contributed by atoms with van der Waals surface area (Å²) in [7, 11) is 1.95. The number of benzene rings is 1. The van der Waals surface area contributed by atoms with E-state index in [1.807, 2.05) is 13.1 Å². The van der Waals surface area contributed by atoms with Crippen molar-refractivity contribution in [1.29, 1.82) is 21.2 Å². The molecule has 0 saturated heterocycles. The van der Waals surface area contributed by atoms with Crippen LogP contribution in [0.4, 0.5) is 0 Å². The monoisotopic (exact) mass is 383 g/mol. The van der Waals surface area contributed by atoms with Crippen LogP contribution in [0.15, 0.2) is 29.8 Å². The minimum Gasteiger partial charge on any atom is -0.305 e. The van der Waals surface area contributed by atoms with Gasteiger partial charge in [-0.05, 0) is 30.3 Å². The number of halogens is 2. The average Bonchev–Trinajstić information content (AvgIpc) is 2.63. The highest BCUT2D eigenvalue weighted by Gasteiger charge is 2.57. The van der Waals surface area contributed by atoms with Crippen molar-refractivity contribution in [3.05, 3.63) is 45.5 Å². The Hall–Kier alpha value is -2.36. The van der Waals surface area contributed by atoms with Gasteiger partial charge in [0.15, 0.2) is 5.41 Å². The van der Waals surface area contributed by atoms with Gasteiger partial charge in [-0.15, -0.1) is 0 Å². The van der Waals surface area contributed by atoms with Crippen molar-refractivity contribution < 1.29 is 0 Å². The predicted molar refractivity (Wildman–Crippen MR) is 98.8 cm³/mol. The normalized spacial score (nSPS) is 27.5. The maximum Gasteiger partial charge on any atom is 0.189 e. The quantitative estimate of drug-likeness (QED) is 0.745. The summed E-state index contributed by atoms with van der Waals surface area (Å²) >= 11 is 12.2. The standard InChI is InChI=1S/C19H15Cl2N5/c1-26-5-4-12-13(7-22)18(25)19(9-23,10-24)17(14(12)8-26)11-2-3-15(20)16(21)6-11/h2-4,6,13-14,17,25H,5,8H2,1H3/t13?,14-,17-/m1/s1. The summed E-state index contributed by atoms with van der Waals surface area (Å²) in [4.78, 5) is 2.07. The third-order valence-electron chi connectivity index (χ3n) is 5.28. The first-order valence-corrected chi connectivity index (χ1v) is 8.79. The lowest BCUT2D eigenvalue weighted by molar-refractivity contribution is 0.235. The van der Waals surface area contributed by atoms with E-state index in [9.17, 15) is 15.8 Å². The van der Waals surface area contributed by atoms with Gasteiger partial charge in [0.1, 0.15) is 5.92 Å². The first-order valence-electron chi connectivity index (χ1n) is 8.04. The minimum atomic E-state index is -1.72. The second-order valence-electron chi connectivity index (χ2n) is 6.69. The fraction of sp³-hybridized carbons (Fsp3) is 0.368. The zero-order chi connectivity index (χ0) is 19.1. The van der Waals surface area contributed by atoms with E-state index in [1.54, 1.807) is 18.2 Å². The second kappa shape index (κ2) is 6.75. The van der Waals surface area contributed by atoms with Gasteiger partial charge in [-0.3, -0.25) is 0 Å². The molecule has 1 unspecified atom stereocenters. The van der Waals surface area contributed by atoms with E-state index in [0.717, 1.165) is 5.57 Å². The Morgan fingerprint density at radius 3 is 2.46 bits per heavy atom.